The molecule has 2 fully saturated rings. The zero-order valence-corrected chi connectivity index (χ0v) is 14.9. The first-order valence-corrected chi connectivity index (χ1v) is 9.46. The third-order valence-electron chi connectivity index (χ3n) is 4.78. The molecule has 132 valence electrons. The molecule has 2 atom stereocenters. The molecule has 2 aliphatic heterocycles. The largest absolute Gasteiger partial charge is 0.396 e. The van der Waals surface area contributed by atoms with Gasteiger partial charge in [-0.25, -0.2) is 0 Å². The summed E-state index contributed by atoms with van der Waals surface area (Å²) >= 11 is 0. The van der Waals surface area contributed by atoms with Crippen LogP contribution in [0.25, 0.3) is 0 Å². The zero-order chi connectivity index (χ0) is 16.5. The number of carbonyl (C=O) groups is 1. The second-order valence-electron chi connectivity index (χ2n) is 6.81. The summed E-state index contributed by atoms with van der Waals surface area (Å²) < 4.78 is 0. The summed E-state index contributed by atoms with van der Waals surface area (Å²) in [5, 5.41) is 4.37. The van der Waals surface area contributed by atoms with Gasteiger partial charge in [0, 0.05) is 19.6 Å². The Morgan fingerprint density at radius 3 is 2.52 bits per heavy atom. The molecule has 1 amide bonds. The van der Waals surface area contributed by atoms with Crippen LogP contribution in [0.4, 0.5) is 0 Å². The van der Waals surface area contributed by atoms with Gasteiger partial charge < -0.3 is 9.74 Å². The molecule has 0 aromatic carbocycles. The Bertz CT molecular complexity index is 398. The van der Waals surface area contributed by atoms with Crippen molar-refractivity contribution in [3.63, 3.8) is 0 Å². The molecular formula is C18H33N3O2. The topological polar surface area (TPSA) is 45.1 Å². The molecule has 23 heavy (non-hydrogen) atoms. The standard InChI is InChI=1S/C18H33N3O2/c1-3-5-7-9-11-21-17-14-20(15-18(21)22)13-16(17)19-23-12-10-8-6-4-2/h17H,3-15H2,1-2H3/b19-16+. The predicted octanol–water partition coefficient (Wildman–Crippen LogP) is 3.05. The van der Waals surface area contributed by atoms with E-state index in [9.17, 15) is 4.79 Å². The molecule has 0 aliphatic carbocycles. The van der Waals surface area contributed by atoms with E-state index >= 15 is 0 Å². The molecule has 0 aromatic rings. The molecule has 5 nitrogen and oxygen atoms in total. The van der Waals surface area contributed by atoms with Gasteiger partial charge in [-0.1, -0.05) is 51.1 Å². The van der Waals surface area contributed by atoms with Gasteiger partial charge >= 0.3 is 0 Å². The van der Waals surface area contributed by atoms with E-state index in [0.29, 0.717) is 13.2 Å². The lowest BCUT2D eigenvalue weighted by atomic mass is 10.1. The van der Waals surface area contributed by atoms with Crippen LogP contribution in [0, 0.1) is 0 Å². The normalized spacial score (nSPS) is 25.4. The number of carbonyl (C=O) groups excluding carboxylic acids is 1. The van der Waals surface area contributed by atoms with E-state index in [1.807, 2.05) is 4.90 Å². The average Bonchev–Trinajstić information content (AvgIpc) is 2.87. The smallest absolute Gasteiger partial charge is 0.237 e. The Kier molecular flexibility index (Phi) is 7.86. The second-order valence-corrected chi connectivity index (χ2v) is 6.81. The molecule has 0 saturated carbocycles. The third kappa shape index (κ3) is 5.48. The second kappa shape index (κ2) is 9.91. The Balaban J connectivity index is 1.80. The van der Waals surface area contributed by atoms with Gasteiger partial charge in [-0.3, -0.25) is 9.69 Å². The van der Waals surface area contributed by atoms with Gasteiger partial charge in [0.2, 0.25) is 5.91 Å². The van der Waals surface area contributed by atoms with Crippen LogP contribution in [0.5, 0.6) is 0 Å². The van der Waals surface area contributed by atoms with Gasteiger partial charge in [0.05, 0.1) is 18.3 Å². The van der Waals surface area contributed by atoms with E-state index in [1.165, 1.54) is 38.5 Å². The number of hydrogen-bond acceptors (Lipinski definition) is 4. The summed E-state index contributed by atoms with van der Waals surface area (Å²) in [4.78, 5) is 22.1. The SMILES string of the molecule is CCCCCCO/N=C1\CN2CC(=O)N(CCCCCC)C1C2. The van der Waals surface area contributed by atoms with E-state index in [2.05, 4.69) is 23.9 Å². The van der Waals surface area contributed by atoms with E-state index in [1.54, 1.807) is 0 Å². The quantitative estimate of drug-likeness (QED) is 0.434. The summed E-state index contributed by atoms with van der Waals surface area (Å²) in [6.07, 6.45) is 9.55. The highest BCUT2D eigenvalue weighted by Gasteiger charge is 2.41. The van der Waals surface area contributed by atoms with E-state index in [-0.39, 0.29) is 11.9 Å². The van der Waals surface area contributed by atoms with Crippen molar-refractivity contribution in [3.05, 3.63) is 0 Å². The lowest BCUT2D eigenvalue weighted by Crippen LogP contribution is -2.52. The van der Waals surface area contributed by atoms with Crippen LogP contribution in [0.3, 0.4) is 0 Å². The van der Waals surface area contributed by atoms with Gasteiger partial charge in [-0.05, 0) is 19.3 Å². The maximum absolute atomic E-state index is 12.3. The Hall–Kier alpha value is -1.10. The summed E-state index contributed by atoms with van der Waals surface area (Å²) in [6.45, 7) is 8.24. The molecule has 2 rings (SSSR count). The minimum absolute atomic E-state index is 0.147. The molecule has 0 N–H and O–H groups in total. The number of piperazine rings is 1. The number of hydrogen-bond donors (Lipinski definition) is 0. The molecule has 2 heterocycles. The monoisotopic (exact) mass is 323 g/mol. The summed E-state index contributed by atoms with van der Waals surface area (Å²) in [7, 11) is 0. The molecule has 2 saturated heterocycles. The van der Waals surface area contributed by atoms with Gasteiger partial charge in [-0.2, -0.15) is 0 Å². The Morgan fingerprint density at radius 1 is 1.04 bits per heavy atom. The Labute approximate surface area is 141 Å². The van der Waals surface area contributed by atoms with E-state index in [0.717, 1.165) is 38.2 Å². The van der Waals surface area contributed by atoms with Crippen LogP contribution in [0.1, 0.15) is 65.2 Å². The van der Waals surface area contributed by atoms with Crippen LogP contribution in [0.15, 0.2) is 5.16 Å². The van der Waals surface area contributed by atoms with Crippen LogP contribution >= 0.6 is 0 Å². The number of rotatable bonds is 11. The van der Waals surface area contributed by atoms with Crippen molar-refractivity contribution in [2.24, 2.45) is 5.16 Å². The van der Waals surface area contributed by atoms with E-state index in [4.69, 9.17) is 4.84 Å². The highest BCUT2D eigenvalue weighted by atomic mass is 16.6. The lowest BCUT2D eigenvalue weighted by Gasteiger charge is -2.33. The van der Waals surface area contributed by atoms with Gasteiger partial charge in [0.15, 0.2) is 0 Å². The minimum atomic E-state index is 0.147. The molecule has 2 bridgehead atoms. The first-order valence-electron chi connectivity index (χ1n) is 9.46. The van der Waals surface area contributed by atoms with Crippen molar-refractivity contribution < 1.29 is 9.63 Å². The van der Waals surface area contributed by atoms with E-state index < -0.39 is 0 Å². The van der Waals surface area contributed by atoms with Crippen molar-refractivity contribution >= 4 is 11.6 Å². The van der Waals surface area contributed by atoms with Crippen molar-refractivity contribution in [1.29, 1.82) is 0 Å². The van der Waals surface area contributed by atoms with Crippen molar-refractivity contribution in [1.82, 2.24) is 9.80 Å². The average molecular weight is 323 g/mol. The summed E-state index contributed by atoms with van der Waals surface area (Å²) in [6, 6.07) is 0.147. The minimum Gasteiger partial charge on any atom is -0.396 e. The maximum Gasteiger partial charge on any atom is 0.237 e. The van der Waals surface area contributed by atoms with Crippen molar-refractivity contribution in [2.75, 3.05) is 32.8 Å². The number of unbranched alkanes of at least 4 members (excludes halogenated alkanes) is 6. The fourth-order valence-corrected chi connectivity index (χ4v) is 3.40. The van der Waals surface area contributed by atoms with Crippen LogP contribution in [0.2, 0.25) is 0 Å². The first-order chi connectivity index (χ1) is 11.3. The fraction of sp³-hybridized carbons (Fsp3) is 0.889. The molecule has 2 unspecified atom stereocenters. The van der Waals surface area contributed by atoms with Crippen LogP contribution < -0.4 is 0 Å². The van der Waals surface area contributed by atoms with Gasteiger partial charge in [0.1, 0.15) is 6.61 Å². The third-order valence-corrected chi connectivity index (χ3v) is 4.78. The predicted molar refractivity (Wildman–Crippen MR) is 93.6 cm³/mol. The fourth-order valence-electron chi connectivity index (χ4n) is 3.40. The molecule has 2 aliphatic rings. The maximum atomic E-state index is 12.3. The number of oxime groups is 1. The van der Waals surface area contributed by atoms with Crippen LogP contribution in [-0.4, -0.2) is 60.2 Å². The number of nitrogens with zero attached hydrogens (tertiary/aromatic N) is 3. The highest BCUT2D eigenvalue weighted by Crippen LogP contribution is 2.21. The molecule has 0 spiro atoms. The summed E-state index contributed by atoms with van der Waals surface area (Å²) in [5.41, 5.74) is 1.04. The Morgan fingerprint density at radius 2 is 1.78 bits per heavy atom. The number of amides is 1. The van der Waals surface area contributed by atoms with Crippen molar-refractivity contribution in [2.45, 2.75) is 71.3 Å². The van der Waals surface area contributed by atoms with Crippen molar-refractivity contribution in [3.8, 4) is 0 Å². The lowest BCUT2D eigenvalue weighted by molar-refractivity contribution is -0.136. The zero-order valence-electron chi connectivity index (χ0n) is 14.9. The van der Waals surface area contributed by atoms with Crippen LogP contribution in [-0.2, 0) is 9.63 Å². The molecule has 0 radical (unpaired) electrons. The van der Waals surface area contributed by atoms with Gasteiger partial charge in [0.25, 0.3) is 0 Å². The highest BCUT2D eigenvalue weighted by molar-refractivity contribution is 5.98. The molecular weight excluding hydrogens is 290 g/mol. The molecule has 5 heteroatoms. The van der Waals surface area contributed by atoms with Gasteiger partial charge in [-0.15, -0.1) is 0 Å². The number of fused-ring (bicyclic) bond motifs is 2. The summed E-state index contributed by atoms with van der Waals surface area (Å²) in [5.74, 6) is 0.255. The molecule has 0 aromatic heterocycles. The first kappa shape index (κ1) is 18.2.